The molecule has 2 heterocycles. The van der Waals surface area contributed by atoms with E-state index in [0.29, 0.717) is 10.0 Å². The normalized spacial score (nSPS) is 11.8. The maximum absolute atomic E-state index is 6.85. The molecule has 0 unspecified atom stereocenters. The average Bonchev–Trinajstić information content (AvgIpc) is 2.63. The van der Waals surface area contributed by atoms with Gasteiger partial charge in [0, 0.05) is 21.5 Å². The highest BCUT2D eigenvalue weighted by Gasteiger charge is 2.16. The first-order valence-corrected chi connectivity index (χ1v) is 9.17. The largest absolute Gasteiger partial charge is 0.248 e. The molecule has 26 heavy (non-hydrogen) atoms. The Morgan fingerprint density at radius 2 is 0.962 bits per heavy atom. The summed E-state index contributed by atoms with van der Waals surface area (Å²) in [7, 11) is 0. The van der Waals surface area contributed by atoms with Crippen molar-refractivity contribution in [2.45, 2.75) is 13.8 Å². The lowest BCUT2D eigenvalue weighted by Crippen LogP contribution is -1.91. The summed E-state index contributed by atoms with van der Waals surface area (Å²) in [4.78, 5) is 9.60. The molecule has 5 rings (SSSR count). The van der Waals surface area contributed by atoms with Crippen LogP contribution in [0.25, 0.3) is 43.6 Å². The molecule has 126 valence electrons. The zero-order chi connectivity index (χ0) is 18.0. The molecule has 0 atom stereocenters. The molecule has 0 fully saturated rings. The van der Waals surface area contributed by atoms with Crippen molar-refractivity contribution in [3.05, 3.63) is 69.7 Å². The van der Waals surface area contributed by atoms with Crippen LogP contribution in [0.3, 0.4) is 0 Å². The van der Waals surface area contributed by atoms with Crippen LogP contribution in [0.1, 0.15) is 11.1 Å². The van der Waals surface area contributed by atoms with Crippen LogP contribution in [0.4, 0.5) is 0 Å². The number of hydrogen-bond acceptors (Lipinski definition) is 2. The minimum Gasteiger partial charge on any atom is -0.248 e. The van der Waals surface area contributed by atoms with Crippen LogP contribution in [-0.4, -0.2) is 9.97 Å². The Bertz CT molecular complexity index is 1270. The van der Waals surface area contributed by atoms with Gasteiger partial charge in [-0.1, -0.05) is 46.5 Å². The number of halogens is 2. The number of hydrogen-bond donors (Lipinski definition) is 0. The Kier molecular flexibility index (Phi) is 3.37. The van der Waals surface area contributed by atoms with Crippen molar-refractivity contribution in [3.63, 3.8) is 0 Å². The van der Waals surface area contributed by atoms with Crippen molar-refractivity contribution < 1.29 is 0 Å². The van der Waals surface area contributed by atoms with Gasteiger partial charge >= 0.3 is 0 Å². The van der Waals surface area contributed by atoms with Gasteiger partial charge in [-0.15, -0.1) is 0 Å². The molecule has 3 aromatic carbocycles. The van der Waals surface area contributed by atoms with Gasteiger partial charge in [0.25, 0.3) is 0 Å². The number of fused-ring (bicyclic) bond motifs is 5. The first kappa shape index (κ1) is 15.8. The summed E-state index contributed by atoms with van der Waals surface area (Å²) in [6, 6.07) is 16.2. The third kappa shape index (κ3) is 2.19. The highest BCUT2D eigenvalue weighted by atomic mass is 35.5. The molecule has 0 radical (unpaired) electrons. The van der Waals surface area contributed by atoms with Gasteiger partial charge in [-0.25, -0.2) is 9.97 Å². The van der Waals surface area contributed by atoms with Crippen LogP contribution < -0.4 is 0 Å². The SMILES string of the molecule is Cc1ccc2nc3ccc4nc5ccc(C)cc5c(Cl)c4c3c(Cl)c2c1. The predicted molar refractivity (Wildman–Crippen MR) is 112 cm³/mol. The summed E-state index contributed by atoms with van der Waals surface area (Å²) in [5.74, 6) is 0. The fraction of sp³-hybridized carbons (Fsp3) is 0.0909. The Morgan fingerprint density at radius 1 is 0.577 bits per heavy atom. The second-order valence-corrected chi connectivity index (χ2v) is 7.50. The summed E-state index contributed by atoms with van der Waals surface area (Å²) in [5, 5.41) is 4.95. The van der Waals surface area contributed by atoms with Crippen molar-refractivity contribution in [2.24, 2.45) is 0 Å². The molecule has 0 saturated heterocycles. The highest BCUT2D eigenvalue weighted by molar-refractivity contribution is 6.47. The van der Waals surface area contributed by atoms with Crippen molar-refractivity contribution in [2.75, 3.05) is 0 Å². The fourth-order valence-electron chi connectivity index (χ4n) is 3.59. The van der Waals surface area contributed by atoms with Crippen molar-refractivity contribution in [3.8, 4) is 0 Å². The molecular weight excluding hydrogens is 363 g/mol. The van der Waals surface area contributed by atoms with E-state index < -0.39 is 0 Å². The zero-order valence-corrected chi connectivity index (χ0v) is 15.8. The van der Waals surface area contributed by atoms with Gasteiger partial charge in [-0.2, -0.15) is 0 Å². The topological polar surface area (TPSA) is 25.8 Å². The van der Waals surface area contributed by atoms with E-state index in [0.717, 1.165) is 54.7 Å². The zero-order valence-electron chi connectivity index (χ0n) is 14.3. The molecule has 0 saturated carbocycles. The number of rotatable bonds is 0. The average molecular weight is 377 g/mol. The quantitative estimate of drug-likeness (QED) is 0.214. The van der Waals surface area contributed by atoms with E-state index in [1.165, 1.54) is 0 Å². The van der Waals surface area contributed by atoms with Crippen LogP contribution in [-0.2, 0) is 0 Å². The molecule has 0 aliphatic rings. The molecule has 5 aromatic rings. The molecule has 0 bridgehead atoms. The summed E-state index contributed by atoms with van der Waals surface area (Å²) in [6.45, 7) is 4.10. The van der Waals surface area contributed by atoms with Gasteiger partial charge in [0.2, 0.25) is 0 Å². The minimum atomic E-state index is 0.676. The molecule has 0 aliphatic heterocycles. The molecule has 2 nitrogen and oxygen atoms in total. The molecular formula is C22H14Cl2N2. The van der Waals surface area contributed by atoms with Gasteiger partial charge in [0.1, 0.15) is 0 Å². The van der Waals surface area contributed by atoms with Crippen LogP contribution in [0.5, 0.6) is 0 Å². The van der Waals surface area contributed by atoms with E-state index in [2.05, 4.69) is 12.1 Å². The lowest BCUT2D eigenvalue weighted by molar-refractivity contribution is 1.44. The van der Waals surface area contributed by atoms with Crippen molar-refractivity contribution in [1.29, 1.82) is 0 Å². The van der Waals surface area contributed by atoms with Crippen LogP contribution in [0, 0.1) is 13.8 Å². The van der Waals surface area contributed by atoms with E-state index in [4.69, 9.17) is 33.2 Å². The number of benzene rings is 3. The molecule has 2 aromatic heterocycles. The first-order chi connectivity index (χ1) is 12.5. The van der Waals surface area contributed by atoms with Gasteiger partial charge in [0.05, 0.1) is 32.1 Å². The highest BCUT2D eigenvalue weighted by Crippen LogP contribution is 2.40. The summed E-state index contributed by atoms with van der Waals surface area (Å²) < 4.78 is 0. The van der Waals surface area contributed by atoms with Crippen LogP contribution in [0.15, 0.2) is 48.5 Å². The van der Waals surface area contributed by atoms with Crippen molar-refractivity contribution >= 4 is 66.8 Å². The number of nitrogens with zero attached hydrogens (tertiary/aromatic N) is 2. The Hall–Kier alpha value is -2.42. The fourth-order valence-corrected chi connectivity index (χ4v) is 4.27. The van der Waals surface area contributed by atoms with E-state index in [1.807, 2.05) is 50.2 Å². The second-order valence-electron chi connectivity index (χ2n) is 6.75. The summed E-state index contributed by atoms with van der Waals surface area (Å²) in [5.41, 5.74) is 5.71. The third-order valence-corrected chi connectivity index (χ3v) is 5.64. The van der Waals surface area contributed by atoms with Crippen LogP contribution >= 0.6 is 23.2 Å². The predicted octanol–water partition coefficient (Wildman–Crippen LogP) is 7.01. The Morgan fingerprint density at radius 3 is 1.38 bits per heavy atom. The third-order valence-electron chi connectivity index (χ3n) is 4.86. The summed E-state index contributed by atoms with van der Waals surface area (Å²) >= 11 is 13.7. The maximum atomic E-state index is 6.85. The van der Waals surface area contributed by atoms with Gasteiger partial charge in [-0.3, -0.25) is 0 Å². The molecule has 0 spiro atoms. The van der Waals surface area contributed by atoms with E-state index in [9.17, 15) is 0 Å². The monoisotopic (exact) mass is 376 g/mol. The minimum absolute atomic E-state index is 0.676. The molecule has 4 heteroatoms. The number of pyridine rings is 2. The maximum Gasteiger partial charge on any atom is 0.0732 e. The second kappa shape index (κ2) is 5.54. The smallest absolute Gasteiger partial charge is 0.0732 e. The molecule has 0 aliphatic carbocycles. The van der Waals surface area contributed by atoms with Gasteiger partial charge in [0.15, 0.2) is 0 Å². The summed E-state index contributed by atoms with van der Waals surface area (Å²) in [6.07, 6.45) is 0. The number of aromatic nitrogens is 2. The molecule has 0 amide bonds. The van der Waals surface area contributed by atoms with Crippen molar-refractivity contribution in [1.82, 2.24) is 9.97 Å². The molecule has 0 N–H and O–H groups in total. The van der Waals surface area contributed by atoms with Gasteiger partial charge < -0.3 is 0 Å². The van der Waals surface area contributed by atoms with E-state index >= 15 is 0 Å². The number of aryl methyl sites for hydroxylation is 2. The first-order valence-electron chi connectivity index (χ1n) is 8.41. The van der Waals surface area contributed by atoms with E-state index in [1.54, 1.807) is 0 Å². The van der Waals surface area contributed by atoms with E-state index in [-0.39, 0.29) is 0 Å². The Balaban J connectivity index is 2.06. The standard InChI is InChI=1S/C22H14Cl2N2/c1-11-3-5-15-13(9-11)21(23)19-17(25-15)7-8-18-20(19)22(24)14-10-12(2)4-6-16(14)26-18/h3-10H,1-2H3. The lowest BCUT2D eigenvalue weighted by Gasteiger charge is -2.12. The lowest BCUT2D eigenvalue weighted by atomic mass is 10.0. The Labute approximate surface area is 160 Å². The van der Waals surface area contributed by atoms with Gasteiger partial charge in [-0.05, 0) is 50.2 Å². The van der Waals surface area contributed by atoms with Crippen LogP contribution in [0.2, 0.25) is 10.0 Å².